The molecule has 0 saturated heterocycles. The molecule has 5 heteroatoms. The van der Waals surface area contributed by atoms with Gasteiger partial charge in [0.1, 0.15) is 11.2 Å². The normalized spacial score (nSPS) is 17.5. The van der Waals surface area contributed by atoms with E-state index in [0.717, 1.165) is 31.0 Å². The Morgan fingerprint density at radius 2 is 2.20 bits per heavy atom. The fraction of sp³-hybridized carbons (Fsp3) is 0.700. The van der Waals surface area contributed by atoms with Gasteiger partial charge in [0.25, 0.3) is 0 Å². The lowest BCUT2D eigenvalue weighted by Crippen LogP contribution is -2.26. The molecule has 1 saturated carbocycles. The second-order valence-corrected chi connectivity index (χ2v) is 3.89. The number of ether oxygens (including phenoxy) is 1. The van der Waals surface area contributed by atoms with Gasteiger partial charge in [0.15, 0.2) is 5.82 Å². The van der Waals surface area contributed by atoms with Crippen molar-refractivity contribution in [3.8, 4) is 0 Å². The van der Waals surface area contributed by atoms with Gasteiger partial charge in [0.2, 0.25) is 0 Å². The number of esters is 1. The van der Waals surface area contributed by atoms with E-state index in [0.29, 0.717) is 0 Å². The van der Waals surface area contributed by atoms with Crippen LogP contribution in [0, 0.1) is 6.92 Å². The average Bonchev–Trinajstić information content (AvgIpc) is 2.96. The van der Waals surface area contributed by atoms with Gasteiger partial charge in [-0.25, -0.2) is 0 Å². The van der Waals surface area contributed by atoms with Gasteiger partial charge in [-0.05, 0) is 26.7 Å². The van der Waals surface area contributed by atoms with E-state index in [1.807, 2.05) is 18.4 Å². The zero-order chi connectivity index (χ0) is 11.1. The van der Waals surface area contributed by atoms with E-state index in [4.69, 9.17) is 4.74 Å². The predicted octanol–water partition coefficient (Wildman–Crippen LogP) is 0.811. The van der Waals surface area contributed by atoms with Crippen molar-refractivity contribution in [3.05, 3.63) is 11.6 Å². The van der Waals surface area contributed by atoms with Crippen LogP contribution in [0.1, 0.15) is 31.4 Å². The highest BCUT2D eigenvalue weighted by atomic mass is 16.5. The third kappa shape index (κ3) is 1.33. The van der Waals surface area contributed by atoms with Crippen molar-refractivity contribution in [2.75, 3.05) is 7.11 Å². The Kier molecular flexibility index (Phi) is 2.25. The minimum atomic E-state index is -0.508. The fourth-order valence-corrected chi connectivity index (χ4v) is 1.95. The Bertz CT molecular complexity index is 393. The molecule has 0 spiro atoms. The molecule has 0 aromatic carbocycles. The molecule has 5 nitrogen and oxygen atoms in total. The molecule has 0 radical (unpaired) electrons. The van der Waals surface area contributed by atoms with Gasteiger partial charge in [0.05, 0.1) is 7.11 Å². The number of rotatable bonds is 3. The Hall–Kier alpha value is -1.39. The monoisotopic (exact) mass is 209 g/mol. The van der Waals surface area contributed by atoms with Gasteiger partial charge >= 0.3 is 5.97 Å². The standard InChI is InChI=1S/C10H15N3O2/c1-4-13-7(2)11-12-8(13)10(5-6-10)9(14)15-3/h4-6H2,1-3H3. The van der Waals surface area contributed by atoms with Crippen molar-refractivity contribution < 1.29 is 9.53 Å². The molecule has 0 atom stereocenters. The summed E-state index contributed by atoms with van der Waals surface area (Å²) in [5, 5.41) is 8.12. The van der Waals surface area contributed by atoms with Crippen molar-refractivity contribution in [2.24, 2.45) is 0 Å². The number of carbonyl (C=O) groups excluding carboxylic acids is 1. The molecule has 1 aromatic heterocycles. The lowest BCUT2D eigenvalue weighted by Gasteiger charge is -2.13. The molecule has 1 aromatic rings. The second-order valence-electron chi connectivity index (χ2n) is 3.89. The zero-order valence-corrected chi connectivity index (χ0v) is 9.28. The smallest absolute Gasteiger partial charge is 0.319 e. The summed E-state index contributed by atoms with van der Waals surface area (Å²) in [7, 11) is 1.42. The first-order chi connectivity index (χ1) is 7.15. The van der Waals surface area contributed by atoms with Crippen LogP contribution in [0.5, 0.6) is 0 Å². The van der Waals surface area contributed by atoms with Crippen LogP contribution in [0.2, 0.25) is 0 Å². The SMILES string of the molecule is CCn1c(C)nnc1C1(C(=O)OC)CC1. The molecule has 15 heavy (non-hydrogen) atoms. The molecule has 1 heterocycles. The van der Waals surface area contributed by atoms with Crippen LogP contribution in [0.15, 0.2) is 0 Å². The lowest BCUT2D eigenvalue weighted by atomic mass is 10.1. The Labute approximate surface area is 88.4 Å². The van der Waals surface area contributed by atoms with Crippen molar-refractivity contribution >= 4 is 5.97 Å². The predicted molar refractivity (Wildman–Crippen MR) is 53.4 cm³/mol. The van der Waals surface area contributed by atoms with Gasteiger partial charge in [0, 0.05) is 6.54 Å². The topological polar surface area (TPSA) is 57.0 Å². The maximum absolute atomic E-state index is 11.7. The summed E-state index contributed by atoms with van der Waals surface area (Å²) in [5.74, 6) is 1.42. The molecule has 0 N–H and O–H groups in total. The summed E-state index contributed by atoms with van der Waals surface area (Å²) >= 11 is 0. The van der Waals surface area contributed by atoms with Crippen LogP contribution in [0.25, 0.3) is 0 Å². The van der Waals surface area contributed by atoms with E-state index in [-0.39, 0.29) is 5.97 Å². The van der Waals surface area contributed by atoms with E-state index in [1.54, 1.807) is 0 Å². The van der Waals surface area contributed by atoms with Crippen LogP contribution in [0.4, 0.5) is 0 Å². The van der Waals surface area contributed by atoms with E-state index >= 15 is 0 Å². The summed E-state index contributed by atoms with van der Waals surface area (Å²) in [6.45, 7) is 4.70. The van der Waals surface area contributed by atoms with Crippen molar-refractivity contribution in [3.63, 3.8) is 0 Å². The van der Waals surface area contributed by atoms with Gasteiger partial charge < -0.3 is 9.30 Å². The van der Waals surface area contributed by atoms with E-state index in [2.05, 4.69) is 10.2 Å². The third-order valence-electron chi connectivity index (χ3n) is 3.01. The van der Waals surface area contributed by atoms with Gasteiger partial charge in [-0.3, -0.25) is 4.79 Å². The molecule has 1 fully saturated rings. The fourth-order valence-electron chi connectivity index (χ4n) is 1.95. The first-order valence-electron chi connectivity index (χ1n) is 5.14. The third-order valence-corrected chi connectivity index (χ3v) is 3.01. The second kappa shape index (κ2) is 3.32. The van der Waals surface area contributed by atoms with Crippen molar-refractivity contribution in [2.45, 2.75) is 38.6 Å². The van der Waals surface area contributed by atoms with Gasteiger partial charge in [-0.15, -0.1) is 10.2 Å². The number of aryl methyl sites for hydroxylation is 1. The molecular weight excluding hydrogens is 194 g/mol. The quantitative estimate of drug-likeness (QED) is 0.691. The number of hydrogen-bond donors (Lipinski definition) is 0. The average molecular weight is 209 g/mol. The summed E-state index contributed by atoms with van der Waals surface area (Å²) in [4.78, 5) is 11.7. The number of methoxy groups -OCH3 is 1. The molecular formula is C10H15N3O2. The number of nitrogens with zero attached hydrogens (tertiary/aromatic N) is 3. The summed E-state index contributed by atoms with van der Waals surface area (Å²) in [6.07, 6.45) is 1.63. The van der Waals surface area contributed by atoms with E-state index < -0.39 is 5.41 Å². The molecule has 1 aliphatic rings. The van der Waals surface area contributed by atoms with E-state index in [9.17, 15) is 4.79 Å². The molecule has 1 aliphatic carbocycles. The minimum absolute atomic E-state index is 0.190. The Balaban J connectivity index is 2.41. The van der Waals surface area contributed by atoms with Crippen LogP contribution in [0.3, 0.4) is 0 Å². The highest BCUT2D eigenvalue weighted by Crippen LogP contribution is 2.48. The molecule has 2 rings (SSSR count). The number of carbonyl (C=O) groups is 1. The summed E-state index contributed by atoms with van der Waals surface area (Å²) in [6, 6.07) is 0. The first kappa shape index (κ1) is 10.1. The molecule has 0 amide bonds. The molecule has 82 valence electrons. The number of hydrogen-bond acceptors (Lipinski definition) is 4. The largest absolute Gasteiger partial charge is 0.468 e. The summed E-state index contributed by atoms with van der Waals surface area (Å²) < 4.78 is 6.80. The molecule has 0 unspecified atom stereocenters. The van der Waals surface area contributed by atoms with Crippen LogP contribution >= 0.6 is 0 Å². The lowest BCUT2D eigenvalue weighted by molar-refractivity contribution is -0.144. The molecule has 0 bridgehead atoms. The van der Waals surface area contributed by atoms with Crippen LogP contribution in [-0.2, 0) is 21.5 Å². The van der Waals surface area contributed by atoms with Gasteiger partial charge in [-0.1, -0.05) is 0 Å². The Morgan fingerprint density at radius 3 is 2.67 bits per heavy atom. The van der Waals surface area contributed by atoms with Crippen molar-refractivity contribution in [1.82, 2.24) is 14.8 Å². The first-order valence-corrected chi connectivity index (χ1v) is 5.14. The maximum Gasteiger partial charge on any atom is 0.319 e. The summed E-state index contributed by atoms with van der Waals surface area (Å²) in [5.41, 5.74) is -0.508. The van der Waals surface area contributed by atoms with Crippen LogP contribution in [-0.4, -0.2) is 27.8 Å². The number of aromatic nitrogens is 3. The zero-order valence-electron chi connectivity index (χ0n) is 9.28. The minimum Gasteiger partial charge on any atom is -0.468 e. The van der Waals surface area contributed by atoms with Crippen LogP contribution < -0.4 is 0 Å². The highest BCUT2D eigenvalue weighted by molar-refractivity contribution is 5.85. The van der Waals surface area contributed by atoms with E-state index in [1.165, 1.54) is 7.11 Å². The maximum atomic E-state index is 11.7. The highest BCUT2D eigenvalue weighted by Gasteiger charge is 2.56. The Morgan fingerprint density at radius 1 is 1.53 bits per heavy atom. The van der Waals surface area contributed by atoms with Crippen molar-refractivity contribution in [1.29, 1.82) is 0 Å². The molecule has 0 aliphatic heterocycles. The van der Waals surface area contributed by atoms with Gasteiger partial charge in [-0.2, -0.15) is 0 Å².